The van der Waals surface area contributed by atoms with E-state index in [0.29, 0.717) is 15.6 Å². The van der Waals surface area contributed by atoms with Gasteiger partial charge in [-0.3, -0.25) is 9.69 Å². The van der Waals surface area contributed by atoms with Gasteiger partial charge in [-0.1, -0.05) is 36.5 Å². The van der Waals surface area contributed by atoms with Crippen molar-refractivity contribution in [2.75, 3.05) is 13.1 Å². The molecule has 0 aliphatic carbocycles. The number of hydrogen-bond acceptors (Lipinski definition) is 2. The summed E-state index contributed by atoms with van der Waals surface area (Å²) in [7, 11) is 0. The molecule has 1 aliphatic heterocycles. The van der Waals surface area contributed by atoms with Crippen molar-refractivity contribution in [1.82, 2.24) is 4.90 Å². The highest BCUT2D eigenvalue weighted by Crippen LogP contribution is 2.25. The van der Waals surface area contributed by atoms with Gasteiger partial charge in [0.1, 0.15) is 0 Å². The summed E-state index contributed by atoms with van der Waals surface area (Å²) in [6.45, 7) is 4.17. The maximum absolute atomic E-state index is 12.6. The molecule has 1 saturated heterocycles. The van der Waals surface area contributed by atoms with E-state index in [1.165, 1.54) is 12.8 Å². The van der Waals surface area contributed by atoms with Crippen LogP contribution in [0.15, 0.2) is 18.2 Å². The molecule has 1 aromatic rings. The average molecular weight is 337 g/mol. The SMILES string of the molecule is CCCC(C(=O)c1ccc(Cl)c(Cl)c1)N1CCCC1.Cl. The summed E-state index contributed by atoms with van der Waals surface area (Å²) >= 11 is 11.9. The third-order valence-electron chi connectivity index (χ3n) is 3.65. The van der Waals surface area contributed by atoms with Gasteiger partial charge >= 0.3 is 0 Å². The highest BCUT2D eigenvalue weighted by molar-refractivity contribution is 6.42. The van der Waals surface area contributed by atoms with Crippen LogP contribution in [0.2, 0.25) is 10.0 Å². The van der Waals surface area contributed by atoms with Crippen molar-refractivity contribution in [2.45, 2.75) is 38.6 Å². The van der Waals surface area contributed by atoms with Gasteiger partial charge in [0, 0.05) is 5.56 Å². The van der Waals surface area contributed by atoms with Crippen LogP contribution in [-0.4, -0.2) is 29.8 Å². The van der Waals surface area contributed by atoms with E-state index in [9.17, 15) is 4.79 Å². The number of carbonyl (C=O) groups is 1. The average Bonchev–Trinajstić information content (AvgIpc) is 2.92. The monoisotopic (exact) mass is 335 g/mol. The molecule has 0 aromatic heterocycles. The van der Waals surface area contributed by atoms with Crippen molar-refractivity contribution in [3.05, 3.63) is 33.8 Å². The van der Waals surface area contributed by atoms with Crippen LogP contribution < -0.4 is 0 Å². The minimum Gasteiger partial charge on any atom is -0.293 e. The summed E-state index contributed by atoms with van der Waals surface area (Å²) < 4.78 is 0. The highest BCUT2D eigenvalue weighted by Gasteiger charge is 2.28. The van der Waals surface area contributed by atoms with Crippen LogP contribution in [0.3, 0.4) is 0 Å². The molecule has 0 bridgehead atoms. The molecule has 20 heavy (non-hydrogen) atoms. The van der Waals surface area contributed by atoms with Crippen molar-refractivity contribution in [2.24, 2.45) is 0 Å². The fraction of sp³-hybridized carbons (Fsp3) is 0.533. The Morgan fingerprint density at radius 1 is 1.25 bits per heavy atom. The molecule has 0 saturated carbocycles. The van der Waals surface area contributed by atoms with Crippen molar-refractivity contribution in [3.63, 3.8) is 0 Å². The molecule has 1 aliphatic rings. The Labute approximate surface area is 136 Å². The molecule has 2 nitrogen and oxygen atoms in total. The first-order valence-corrected chi connectivity index (χ1v) is 7.62. The molecule has 2 rings (SSSR count). The first-order chi connectivity index (χ1) is 9.13. The predicted molar refractivity (Wildman–Crippen MR) is 87.5 cm³/mol. The summed E-state index contributed by atoms with van der Waals surface area (Å²) in [6, 6.07) is 5.15. The van der Waals surface area contributed by atoms with E-state index in [4.69, 9.17) is 23.2 Å². The highest BCUT2D eigenvalue weighted by atomic mass is 35.5. The Morgan fingerprint density at radius 3 is 2.45 bits per heavy atom. The molecule has 1 atom stereocenters. The molecule has 0 spiro atoms. The first kappa shape index (κ1) is 17.8. The zero-order chi connectivity index (χ0) is 13.8. The number of likely N-dealkylation sites (tertiary alicyclic amines) is 1. The summed E-state index contributed by atoms with van der Waals surface area (Å²) in [4.78, 5) is 14.9. The van der Waals surface area contributed by atoms with Crippen molar-refractivity contribution in [3.8, 4) is 0 Å². The smallest absolute Gasteiger partial charge is 0.179 e. The number of halogens is 3. The number of benzene rings is 1. The van der Waals surface area contributed by atoms with E-state index in [0.717, 1.165) is 25.9 Å². The minimum absolute atomic E-state index is 0. The van der Waals surface area contributed by atoms with E-state index in [1.807, 2.05) is 0 Å². The molecule has 1 aromatic carbocycles. The minimum atomic E-state index is -0.00950. The first-order valence-electron chi connectivity index (χ1n) is 6.86. The molecule has 1 heterocycles. The van der Waals surface area contributed by atoms with Gasteiger partial charge in [0.25, 0.3) is 0 Å². The van der Waals surface area contributed by atoms with Crippen LogP contribution in [0.4, 0.5) is 0 Å². The molecule has 0 amide bonds. The molecule has 1 unspecified atom stereocenters. The molecule has 112 valence electrons. The lowest BCUT2D eigenvalue weighted by atomic mass is 9.99. The maximum atomic E-state index is 12.6. The second-order valence-corrected chi connectivity index (χ2v) is 5.86. The molecular weight excluding hydrogens is 317 g/mol. The molecule has 0 N–H and O–H groups in total. The largest absolute Gasteiger partial charge is 0.293 e. The van der Waals surface area contributed by atoms with Gasteiger partial charge in [-0.25, -0.2) is 0 Å². The van der Waals surface area contributed by atoms with Gasteiger partial charge in [-0.2, -0.15) is 0 Å². The van der Waals surface area contributed by atoms with E-state index >= 15 is 0 Å². The van der Waals surface area contributed by atoms with Gasteiger partial charge in [-0.15, -0.1) is 12.4 Å². The van der Waals surface area contributed by atoms with Crippen molar-refractivity contribution >= 4 is 41.4 Å². The molecule has 5 heteroatoms. The summed E-state index contributed by atoms with van der Waals surface area (Å²) in [5.74, 6) is 0.169. The summed E-state index contributed by atoms with van der Waals surface area (Å²) in [6.07, 6.45) is 4.29. The zero-order valence-electron chi connectivity index (χ0n) is 11.6. The number of carbonyl (C=O) groups excluding carboxylic acids is 1. The number of Topliss-reactive ketones (excluding diaryl/α,β-unsaturated/α-hetero) is 1. The van der Waals surface area contributed by atoms with Crippen molar-refractivity contribution < 1.29 is 4.79 Å². The van der Waals surface area contributed by atoms with Gasteiger partial charge in [0.2, 0.25) is 0 Å². The summed E-state index contributed by atoms with van der Waals surface area (Å²) in [5.41, 5.74) is 0.666. The summed E-state index contributed by atoms with van der Waals surface area (Å²) in [5, 5.41) is 0.940. The topological polar surface area (TPSA) is 20.3 Å². The molecular formula is C15H20Cl3NO. The van der Waals surface area contributed by atoms with E-state index < -0.39 is 0 Å². The van der Waals surface area contributed by atoms with Crippen molar-refractivity contribution in [1.29, 1.82) is 0 Å². The Balaban J connectivity index is 0.00000200. The van der Waals surface area contributed by atoms with Gasteiger partial charge in [0.15, 0.2) is 5.78 Å². The Hall–Kier alpha value is -0.280. The van der Waals surface area contributed by atoms with Crippen LogP contribution in [0, 0.1) is 0 Å². The van der Waals surface area contributed by atoms with E-state index in [-0.39, 0.29) is 24.2 Å². The number of rotatable bonds is 5. The fourth-order valence-electron chi connectivity index (χ4n) is 2.65. The molecule has 0 radical (unpaired) electrons. The number of ketones is 1. The van der Waals surface area contributed by atoms with Crippen LogP contribution in [0.25, 0.3) is 0 Å². The predicted octanol–water partition coefficient (Wildman–Crippen LogP) is 4.86. The Morgan fingerprint density at radius 2 is 1.90 bits per heavy atom. The second-order valence-electron chi connectivity index (χ2n) is 5.04. The van der Waals surface area contributed by atoms with Crippen LogP contribution in [-0.2, 0) is 0 Å². The molecule has 1 fully saturated rings. The Kier molecular flexibility index (Phi) is 7.32. The van der Waals surface area contributed by atoms with Crippen LogP contribution in [0.1, 0.15) is 43.0 Å². The third-order valence-corrected chi connectivity index (χ3v) is 4.39. The zero-order valence-corrected chi connectivity index (χ0v) is 13.9. The van der Waals surface area contributed by atoms with Gasteiger partial charge in [-0.05, 0) is 50.6 Å². The Bertz CT molecular complexity index is 458. The number of hydrogen-bond donors (Lipinski definition) is 0. The van der Waals surface area contributed by atoms with E-state index in [1.54, 1.807) is 18.2 Å². The third kappa shape index (κ3) is 4.11. The number of nitrogens with zero attached hydrogens (tertiary/aromatic N) is 1. The lowest BCUT2D eigenvalue weighted by Crippen LogP contribution is -2.39. The normalized spacial score (nSPS) is 16.8. The van der Waals surface area contributed by atoms with Crippen LogP contribution in [0.5, 0.6) is 0 Å². The fourth-order valence-corrected chi connectivity index (χ4v) is 2.95. The second kappa shape index (κ2) is 8.23. The van der Waals surface area contributed by atoms with Crippen LogP contribution >= 0.6 is 35.6 Å². The quantitative estimate of drug-likeness (QED) is 0.715. The lowest BCUT2D eigenvalue weighted by Gasteiger charge is -2.26. The van der Waals surface area contributed by atoms with E-state index in [2.05, 4.69) is 11.8 Å². The standard InChI is InChI=1S/C15H19Cl2NO.ClH/c1-2-5-14(18-8-3-4-9-18)15(19)11-6-7-12(16)13(17)10-11;/h6-7,10,14H,2-5,8-9H2,1H3;1H. The van der Waals surface area contributed by atoms with Gasteiger partial charge in [0.05, 0.1) is 16.1 Å². The lowest BCUT2D eigenvalue weighted by molar-refractivity contribution is 0.0837. The van der Waals surface area contributed by atoms with Gasteiger partial charge < -0.3 is 0 Å². The maximum Gasteiger partial charge on any atom is 0.179 e.